The summed E-state index contributed by atoms with van der Waals surface area (Å²) >= 11 is 0. The van der Waals surface area contributed by atoms with E-state index in [1.807, 2.05) is 17.9 Å². The summed E-state index contributed by atoms with van der Waals surface area (Å²) in [4.78, 5) is 29.1. The Bertz CT molecular complexity index is 657. The summed E-state index contributed by atoms with van der Waals surface area (Å²) in [6.07, 6.45) is 2.55. The topological polar surface area (TPSA) is 57.7 Å². The average molecular weight is 350 g/mol. The second kappa shape index (κ2) is 7.47. The molecule has 2 amide bonds. The van der Waals surface area contributed by atoms with Gasteiger partial charge in [-0.05, 0) is 38.0 Å². The SMILES string of the molecule is CCCN1CCN(C(=O)c2cccc(CS(C)=O)c2)C(C)(C)C1=O. The van der Waals surface area contributed by atoms with E-state index in [4.69, 9.17) is 0 Å². The summed E-state index contributed by atoms with van der Waals surface area (Å²) in [5.41, 5.74) is 0.562. The van der Waals surface area contributed by atoms with Gasteiger partial charge in [0.15, 0.2) is 0 Å². The van der Waals surface area contributed by atoms with Gasteiger partial charge in [0.25, 0.3) is 5.91 Å². The molecule has 0 aromatic heterocycles. The van der Waals surface area contributed by atoms with E-state index < -0.39 is 16.3 Å². The predicted molar refractivity (Wildman–Crippen MR) is 96.2 cm³/mol. The van der Waals surface area contributed by atoms with E-state index in [0.29, 0.717) is 24.4 Å². The number of rotatable bonds is 5. The van der Waals surface area contributed by atoms with Crippen molar-refractivity contribution < 1.29 is 13.8 Å². The van der Waals surface area contributed by atoms with Gasteiger partial charge in [-0.15, -0.1) is 0 Å². The smallest absolute Gasteiger partial charge is 0.254 e. The average Bonchev–Trinajstić information content (AvgIpc) is 2.51. The van der Waals surface area contributed by atoms with Gasteiger partial charge in [0.1, 0.15) is 5.54 Å². The Morgan fingerprint density at radius 1 is 1.29 bits per heavy atom. The predicted octanol–water partition coefficient (Wildman–Crippen LogP) is 2.04. The highest BCUT2D eigenvalue weighted by Gasteiger charge is 2.44. The molecule has 2 rings (SSSR count). The number of piperazine rings is 1. The second-order valence-electron chi connectivity index (χ2n) is 6.73. The van der Waals surface area contributed by atoms with Crippen LogP contribution in [0.15, 0.2) is 24.3 Å². The van der Waals surface area contributed by atoms with E-state index in [9.17, 15) is 13.8 Å². The molecule has 6 heteroatoms. The van der Waals surface area contributed by atoms with Crippen molar-refractivity contribution in [1.82, 2.24) is 9.80 Å². The third-order valence-electron chi connectivity index (χ3n) is 4.36. The van der Waals surface area contributed by atoms with E-state index >= 15 is 0 Å². The van der Waals surface area contributed by atoms with E-state index in [-0.39, 0.29) is 11.8 Å². The maximum atomic E-state index is 12.9. The lowest BCUT2D eigenvalue weighted by Crippen LogP contribution is -2.64. The summed E-state index contributed by atoms with van der Waals surface area (Å²) in [6.45, 7) is 7.48. The molecule has 1 aromatic rings. The van der Waals surface area contributed by atoms with Crippen LogP contribution in [0.1, 0.15) is 43.1 Å². The molecule has 0 aliphatic carbocycles. The van der Waals surface area contributed by atoms with Gasteiger partial charge < -0.3 is 9.80 Å². The fraction of sp³-hybridized carbons (Fsp3) is 0.556. The second-order valence-corrected chi connectivity index (χ2v) is 8.16. The van der Waals surface area contributed by atoms with Crippen molar-refractivity contribution in [3.63, 3.8) is 0 Å². The summed E-state index contributed by atoms with van der Waals surface area (Å²) in [5.74, 6) is 0.274. The van der Waals surface area contributed by atoms with Gasteiger partial charge in [0.05, 0.1) is 0 Å². The van der Waals surface area contributed by atoms with Crippen LogP contribution in [-0.4, -0.2) is 57.3 Å². The minimum atomic E-state index is -0.957. The molecule has 132 valence electrons. The van der Waals surface area contributed by atoms with E-state index in [1.54, 1.807) is 43.2 Å². The number of nitrogens with zero attached hydrogens (tertiary/aromatic N) is 2. The normalized spacial score (nSPS) is 18.6. The molecule has 0 radical (unpaired) electrons. The maximum absolute atomic E-state index is 12.9. The molecule has 1 aliphatic heterocycles. The number of carbonyl (C=O) groups is 2. The molecule has 0 saturated carbocycles. The van der Waals surface area contributed by atoms with Gasteiger partial charge in [-0.2, -0.15) is 0 Å². The van der Waals surface area contributed by atoms with Crippen LogP contribution in [0.5, 0.6) is 0 Å². The number of hydrogen-bond acceptors (Lipinski definition) is 3. The minimum absolute atomic E-state index is 0.00485. The van der Waals surface area contributed by atoms with Gasteiger partial charge in [-0.1, -0.05) is 19.1 Å². The van der Waals surface area contributed by atoms with Crippen LogP contribution in [-0.2, 0) is 21.3 Å². The number of hydrogen-bond donors (Lipinski definition) is 0. The highest BCUT2D eigenvalue weighted by molar-refractivity contribution is 7.83. The minimum Gasteiger partial charge on any atom is -0.339 e. The van der Waals surface area contributed by atoms with Crippen LogP contribution in [0.25, 0.3) is 0 Å². The Morgan fingerprint density at radius 2 is 2.00 bits per heavy atom. The fourth-order valence-electron chi connectivity index (χ4n) is 3.13. The van der Waals surface area contributed by atoms with Crippen molar-refractivity contribution in [2.75, 3.05) is 25.9 Å². The first-order valence-corrected chi connectivity index (χ1v) is 10.0. The molecule has 0 spiro atoms. The van der Waals surface area contributed by atoms with Crippen molar-refractivity contribution in [1.29, 1.82) is 0 Å². The van der Waals surface area contributed by atoms with Crippen LogP contribution < -0.4 is 0 Å². The third kappa shape index (κ3) is 3.86. The Hall–Kier alpha value is -1.69. The summed E-state index contributed by atoms with van der Waals surface area (Å²) in [6, 6.07) is 7.21. The molecule has 0 N–H and O–H groups in total. The Balaban J connectivity index is 2.23. The van der Waals surface area contributed by atoms with E-state index in [2.05, 4.69) is 0 Å². The summed E-state index contributed by atoms with van der Waals surface area (Å²) in [7, 11) is -0.957. The molecule has 1 aliphatic rings. The van der Waals surface area contributed by atoms with Crippen molar-refractivity contribution in [2.24, 2.45) is 0 Å². The molecular weight excluding hydrogens is 324 g/mol. The zero-order valence-electron chi connectivity index (χ0n) is 14.9. The van der Waals surface area contributed by atoms with E-state index in [1.165, 1.54) is 0 Å². The number of benzene rings is 1. The quantitative estimate of drug-likeness (QED) is 0.816. The molecule has 1 atom stereocenters. The molecule has 24 heavy (non-hydrogen) atoms. The highest BCUT2D eigenvalue weighted by atomic mass is 32.2. The number of amides is 2. The Kier molecular flexibility index (Phi) is 5.80. The number of carbonyl (C=O) groups excluding carboxylic acids is 2. The first kappa shape index (κ1) is 18.6. The molecule has 0 bridgehead atoms. The van der Waals surface area contributed by atoms with E-state index in [0.717, 1.165) is 18.5 Å². The fourth-order valence-corrected chi connectivity index (χ4v) is 3.78. The monoisotopic (exact) mass is 350 g/mol. The van der Waals surface area contributed by atoms with Crippen LogP contribution >= 0.6 is 0 Å². The van der Waals surface area contributed by atoms with Gasteiger partial charge in [0, 0.05) is 48.0 Å². The molecule has 1 unspecified atom stereocenters. The largest absolute Gasteiger partial charge is 0.339 e. The third-order valence-corrected chi connectivity index (χ3v) is 5.10. The molecule has 5 nitrogen and oxygen atoms in total. The van der Waals surface area contributed by atoms with Crippen LogP contribution in [0.4, 0.5) is 0 Å². The Morgan fingerprint density at radius 3 is 2.62 bits per heavy atom. The van der Waals surface area contributed by atoms with Crippen molar-refractivity contribution in [3.8, 4) is 0 Å². The summed E-state index contributed by atoms with van der Waals surface area (Å²) in [5, 5.41) is 0. The van der Waals surface area contributed by atoms with Crippen molar-refractivity contribution in [2.45, 2.75) is 38.5 Å². The van der Waals surface area contributed by atoms with Gasteiger partial charge >= 0.3 is 0 Å². The zero-order chi connectivity index (χ0) is 17.9. The van der Waals surface area contributed by atoms with Crippen LogP contribution in [0, 0.1) is 0 Å². The molecule has 1 fully saturated rings. The van der Waals surface area contributed by atoms with Crippen molar-refractivity contribution in [3.05, 3.63) is 35.4 Å². The highest BCUT2D eigenvalue weighted by Crippen LogP contribution is 2.25. The van der Waals surface area contributed by atoms with Gasteiger partial charge in [-0.25, -0.2) is 0 Å². The molecule has 1 aromatic carbocycles. The van der Waals surface area contributed by atoms with Gasteiger partial charge in [-0.3, -0.25) is 13.8 Å². The molecular formula is C18H26N2O3S. The van der Waals surface area contributed by atoms with Crippen LogP contribution in [0.3, 0.4) is 0 Å². The van der Waals surface area contributed by atoms with Gasteiger partial charge in [0.2, 0.25) is 5.91 Å². The lowest BCUT2D eigenvalue weighted by Gasteiger charge is -2.46. The zero-order valence-corrected chi connectivity index (χ0v) is 15.7. The molecule has 1 heterocycles. The lowest BCUT2D eigenvalue weighted by atomic mass is 9.95. The first-order valence-electron chi connectivity index (χ1n) is 8.27. The maximum Gasteiger partial charge on any atom is 0.254 e. The standard InChI is InChI=1S/C18H26N2O3S/c1-5-9-19-10-11-20(18(2,3)17(19)22)16(21)15-8-6-7-14(12-15)13-24(4)23/h6-8,12H,5,9-11,13H2,1-4H3. The van der Waals surface area contributed by atoms with Crippen LogP contribution in [0.2, 0.25) is 0 Å². The molecule has 1 saturated heterocycles. The lowest BCUT2D eigenvalue weighted by molar-refractivity contribution is -0.146. The first-order chi connectivity index (χ1) is 11.3. The summed E-state index contributed by atoms with van der Waals surface area (Å²) < 4.78 is 11.4. The Labute approximate surface area is 146 Å². The van der Waals surface area contributed by atoms with Crippen molar-refractivity contribution >= 4 is 22.6 Å².